The van der Waals surface area contributed by atoms with E-state index in [0.29, 0.717) is 24.8 Å². The van der Waals surface area contributed by atoms with Crippen molar-refractivity contribution in [1.82, 2.24) is 5.32 Å². The van der Waals surface area contributed by atoms with Gasteiger partial charge >= 0.3 is 24.1 Å². The summed E-state index contributed by atoms with van der Waals surface area (Å²) in [6.45, 7) is 14.8. The molecule has 0 fully saturated rings. The Balaban J connectivity index is 3.18. The van der Waals surface area contributed by atoms with Crippen LogP contribution in [0.25, 0.3) is 0 Å². The average molecular weight is 552 g/mol. The summed E-state index contributed by atoms with van der Waals surface area (Å²) < 4.78 is 26.4. The summed E-state index contributed by atoms with van der Waals surface area (Å²) in [7, 11) is 1.27. The van der Waals surface area contributed by atoms with E-state index < -0.39 is 47.0 Å². The van der Waals surface area contributed by atoms with Crippen molar-refractivity contribution in [3.63, 3.8) is 0 Å². The van der Waals surface area contributed by atoms with Gasteiger partial charge in [-0.1, -0.05) is 26.8 Å². The molecule has 1 aromatic carbocycles. The number of nitrogens with one attached hydrogen (secondary N) is 1. The standard InChI is InChI=1S/C29H45NO9/c1-10-15-36-27(34)37-19(4)18-30-21(24(31)35-9)16-20-13-14-22(38-25(32)28(5,6)11-2)23(17-20)39-26(33)29(7,8)12-3/h13-14,17,19,21,30H,10-12,15-16,18H2,1-9H3/t19?,21-/m0/s1. The molecule has 0 spiro atoms. The van der Waals surface area contributed by atoms with E-state index in [1.54, 1.807) is 52.8 Å². The molecule has 10 nitrogen and oxygen atoms in total. The molecule has 0 aliphatic heterocycles. The van der Waals surface area contributed by atoms with E-state index in [1.807, 2.05) is 20.8 Å². The molecule has 0 aromatic heterocycles. The third-order valence-corrected chi connectivity index (χ3v) is 6.59. The van der Waals surface area contributed by atoms with Gasteiger partial charge in [-0.3, -0.25) is 14.4 Å². The molecular formula is C29H45NO9. The minimum atomic E-state index is -0.796. The topological polar surface area (TPSA) is 126 Å². The zero-order valence-electron chi connectivity index (χ0n) is 24.8. The molecule has 1 aromatic rings. The van der Waals surface area contributed by atoms with Crippen LogP contribution in [0.15, 0.2) is 18.2 Å². The van der Waals surface area contributed by atoms with Crippen molar-refractivity contribution in [2.24, 2.45) is 10.8 Å². The number of carbonyl (C=O) groups is 4. The van der Waals surface area contributed by atoms with Crippen molar-refractivity contribution >= 4 is 24.1 Å². The molecule has 0 saturated heterocycles. The fourth-order valence-electron chi connectivity index (χ4n) is 2.96. The molecule has 0 heterocycles. The maximum absolute atomic E-state index is 12.9. The Morgan fingerprint density at radius 3 is 1.97 bits per heavy atom. The molecule has 220 valence electrons. The number of esters is 3. The van der Waals surface area contributed by atoms with Gasteiger partial charge in [0.2, 0.25) is 0 Å². The summed E-state index contributed by atoms with van der Waals surface area (Å²) in [5, 5.41) is 3.05. The average Bonchev–Trinajstić information content (AvgIpc) is 2.90. The maximum atomic E-state index is 12.9. The lowest BCUT2D eigenvalue weighted by Crippen LogP contribution is -2.43. The van der Waals surface area contributed by atoms with Crippen LogP contribution >= 0.6 is 0 Å². The second-order valence-electron chi connectivity index (χ2n) is 10.8. The smallest absolute Gasteiger partial charge is 0.468 e. The first-order valence-electron chi connectivity index (χ1n) is 13.4. The first-order valence-corrected chi connectivity index (χ1v) is 13.4. The Labute approximate surface area is 232 Å². The maximum Gasteiger partial charge on any atom is 0.508 e. The largest absolute Gasteiger partial charge is 0.508 e. The SMILES string of the molecule is CCCOC(=O)OC(C)CN[C@@H](Cc1ccc(OC(=O)C(C)(C)CC)c(OC(=O)C(C)(C)CC)c1)C(=O)OC. The number of benzene rings is 1. The number of methoxy groups -OCH3 is 1. The first kappa shape index (κ1) is 33.9. The number of hydrogen-bond acceptors (Lipinski definition) is 10. The second-order valence-corrected chi connectivity index (χ2v) is 10.8. The third kappa shape index (κ3) is 10.9. The minimum absolute atomic E-state index is 0.0817. The Kier molecular flexibility index (Phi) is 13.4. The Morgan fingerprint density at radius 2 is 1.46 bits per heavy atom. The highest BCUT2D eigenvalue weighted by atomic mass is 16.7. The highest BCUT2D eigenvalue weighted by Crippen LogP contribution is 2.34. The lowest BCUT2D eigenvalue weighted by atomic mass is 9.90. The Morgan fingerprint density at radius 1 is 0.897 bits per heavy atom. The van der Waals surface area contributed by atoms with E-state index in [4.69, 9.17) is 23.7 Å². The number of ether oxygens (including phenoxy) is 5. The van der Waals surface area contributed by atoms with E-state index in [1.165, 1.54) is 7.11 Å². The van der Waals surface area contributed by atoms with E-state index in [-0.39, 0.29) is 31.1 Å². The predicted octanol–water partition coefficient (Wildman–Crippen LogP) is 5.00. The molecule has 0 aliphatic rings. The summed E-state index contributed by atoms with van der Waals surface area (Å²) in [4.78, 5) is 49.8. The zero-order chi connectivity index (χ0) is 29.8. The Bertz CT molecular complexity index is 987. The fraction of sp³-hybridized carbons (Fsp3) is 0.655. The zero-order valence-corrected chi connectivity index (χ0v) is 24.8. The normalized spacial score (nSPS) is 13.2. The van der Waals surface area contributed by atoms with E-state index in [0.717, 1.165) is 0 Å². The second kappa shape index (κ2) is 15.5. The van der Waals surface area contributed by atoms with Crippen molar-refractivity contribution in [1.29, 1.82) is 0 Å². The van der Waals surface area contributed by atoms with Crippen LogP contribution in [0.3, 0.4) is 0 Å². The van der Waals surface area contributed by atoms with Crippen molar-refractivity contribution < 1.29 is 42.9 Å². The Hall–Kier alpha value is -3.14. The van der Waals surface area contributed by atoms with Gasteiger partial charge in [0.15, 0.2) is 11.5 Å². The molecule has 0 aliphatic carbocycles. The molecule has 1 N–H and O–H groups in total. The van der Waals surface area contributed by atoms with Gasteiger partial charge in [-0.05, 0) is 78.0 Å². The van der Waals surface area contributed by atoms with Crippen molar-refractivity contribution in [2.75, 3.05) is 20.3 Å². The molecule has 1 rings (SSSR count). The fourth-order valence-corrected chi connectivity index (χ4v) is 2.96. The first-order chi connectivity index (χ1) is 18.2. The lowest BCUT2D eigenvalue weighted by molar-refractivity contribution is -0.147. The molecule has 1 unspecified atom stereocenters. The van der Waals surface area contributed by atoms with Crippen molar-refractivity contribution in [2.45, 2.75) is 93.2 Å². The molecule has 2 atom stereocenters. The molecule has 0 bridgehead atoms. The van der Waals surface area contributed by atoms with Crippen LogP contribution < -0.4 is 14.8 Å². The number of carbonyl (C=O) groups excluding carboxylic acids is 4. The van der Waals surface area contributed by atoms with Gasteiger partial charge in [0.05, 0.1) is 24.5 Å². The van der Waals surface area contributed by atoms with Crippen molar-refractivity contribution in [3.05, 3.63) is 23.8 Å². The van der Waals surface area contributed by atoms with Gasteiger partial charge in [0, 0.05) is 6.54 Å². The molecule has 10 heteroatoms. The van der Waals surface area contributed by atoms with Gasteiger partial charge in [0.1, 0.15) is 12.1 Å². The van der Waals surface area contributed by atoms with E-state index in [2.05, 4.69) is 5.32 Å². The quantitative estimate of drug-likeness (QED) is 0.235. The van der Waals surface area contributed by atoms with Crippen LogP contribution in [0.5, 0.6) is 11.5 Å². The molecular weight excluding hydrogens is 506 g/mol. The molecule has 0 amide bonds. The summed E-state index contributed by atoms with van der Waals surface area (Å²) in [5.74, 6) is -1.26. The van der Waals surface area contributed by atoms with Gasteiger partial charge in [0.25, 0.3) is 0 Å². The van der Waals surface area contributed by atoms with Crippen LogP contribution in [-0.2, 0) is 35.0 Å². The summed E-state index contributed by atoms with van der Waals surface area (Å²) in [6.07, 6.45) is 0.595. The lowest BCUT2D eigenvalue weighted by Gasteiger charge is -2.24. The molecule has 0 saturated carbocycles. The summed E-state index contributed by atoms with van der Waals surface area (Å²) in [6, 6.07) is 4.01. The van der Waals surface area contributed by atoms with Crippen LogP contribution in [0, 0.1) is 10.8 Å². The van der Waals surface area contributed by atoms with Gasteiger partial charge in [-0.25, -0.2) is 4.79 Å². The van der Waals surface area contributed by atoms with Crippen LogP contribution in [0.1, 0.15) is 80.2 Å². The van der Waals surface area contributed by atoms with Crippen molar-refractivity contribution in [3.8, 4) is 11.5 Å². The van der Waals surface area contributed by atoms with Gasteiger partial charge in [-0.2, -0.15) is 0 Å². The number of rotatable bonds is 15. The van der Waals surface area contributed by atoms with E-state index in [9.17, 15) is 19.2 Å². The molecule has 0 radical (unpaired) electrons. The summed E-state index contributed by atoms with van der Waals surface area (Å²) in [5.41, 5.74) is -0.866. The third-order valence-electron chi connectivity index (χ3n) is 6.59. The highest BCUT2D eigenvalue weighted by Gasteiger charge is 2.32. The van der Waals surface area contributed by atoms with Gasteiger partial charge in [-0.15, -0.1) is 0 Å². The highest BCUT2D eigenvalue weighted by molar-refractivity contribution is 5.81. The van der Waals surface area contributed by atoms with Crippen LogP contribution in [0.4, 0.5) is 4.79 Å². The monoisotopic (exact) mass is 551 g/mol. The van der Waals surface area contributed by atoms with Crippen LogP contribution in [0.2, 0.25) is 0 Å². The minimum Gasteiger partial charge on any atom is -0.468 e. The summed E-state index contributed by atoms with van der Waals surface area (Å²) >= 11 is 0. The van der Waals surface area contributed by atoms with Crippen LogP contribution in [-0.4, -0.2) is 56.5 Å². The predicted molar refractivity (Wildman–Crippen MR) is 146 cm³/mol. The number of hydrogen-bond donors (Lipinski definition) is 1. The molecule has 39 heavy (non-hydrogen) atoms. The van der Waals surface area contributed by atoms with E-state index >= 15 is 0 Å². The van der Waals surface area contributed by atoms with Gasteiger partial charge < -0.3 is 29.0 Å².